The fourth-order valence-electron chi connectivity index (χ4n) is 4.07. The molecule has 4 rings (SSSR count). The van der Waals surface area contributed by atoms with Crippen LogP contribution in [0.15, 0.2) is 29.5 Å². The molecular weight excluding hydrogens is 250 g/mol. The van der Waals surface area contributed by atoms with Gasteiger partial charge in [-0.25, -0.2) is 0 Å². The van der Waals surface area contributed by atoms with E-state index in [0.29, 0.717) is 11.3 Å². The maximum atomic E-state index is 12.7. The van der Waals surface area contributed by atoms with Gasteiger partial charge in [0.15, 0.2) is 11.6 Å². The molecule has 1 heterocycles. The molecular formula is C17H17NO2. The molecule has 0 saturated carbocycles. The van der Waals surface area contributed by atoms with Crippen LogP contribution in [0.3, 0.4) is 0 Å². The minimum absolute atomic E-state index is 0.0855. The molecule has 0 bridgehead atoms. The summed E-state index contributed by atoms with van der Waals surface area (Å²) in [6.45, 7) is 0. The highest BCUT2D eigenvalue weighted by molar-refractivity contribution is 6.15. The summed E-state index contributed by atoms with van der Waals surface area (Å²) in [6, 6.07) is 3.50. The van der Waals surface area contributed by atoms with Gasteiger partial charge in [-0.05, 0) is 50.7 Å². The van der Waals surface area contributed by atoms with Gasteiger partial charge in [0.1, 0.15) is 5.69 Å². The third-order valence-electron chi connectivity index (χ3n) is 5.11. The Morgan fingerprint density at radius 2 is 1.60 bits per heavy atom. The molecule has 3 heteroatoms. The SMILES string of the molecule is O=C1c2cccnc2C(=O)[C@@H]2CC3=C(CCCC3)C[C@H]12. The van der Waals surface area contributed by atoms with Gasteiger partial charge in [-0.2, -0.15) is 0 Å². The normalized spacial score (nSPS) is 28.8. The predicted molar refractivity (Wildman–Crippen MR) is 74.6 cm³/mol. The number of Topliss-reactive ketones (excluding diaryl/α,β-unsaturated/α-hetero) is 2. The molecule has 0 radical (unpaired) electrons. The molecule has 3 aliphatic carbocycles. The summed E-state index contributed by atoms with van der Waals surface area (Å²) in [6.07, 6.45) is 7.91. The van der Waals surface area contributed by atoms with E-state index in [2.05, 4.69) is 4.98 Å². The van der Waals surface area contributed by atoms with Crippen LogP contribution in [0, 0.1) is 11.8 Å². The second kappa shape index (κ2) is 4.37. The number of aromatic nitrogens is 1. The van der Waals surface area contributed by atoms with Crippen molar-refractivity contribution < 1.29 is 9.59 Å². The molecule has 20 heavy (non-hydrogen) atoms. The Hall–Kier alpha value is -1.77. The number of ketones is 2. The predicted octanol–water partition coefficient (Wildman–Crippen LogP) is 3.36. The standard InChI is InChI=1S/C17H17NO2/c19-16-12-6-3-7-18-15(12)17(20)14-9-11-5-2-1-4-10(11)8-13(14)16/h3,6-7,13-14H,1-2,4-5,8-9H2/t13-,14+/m0/s1. The number of hydrogen-bond donors (Lipinski definition) is 0. The van der Waals surface area contributed by atoms with Crippen LogP contribution in [-0.4, -0.2) is 16.6 Å². The average Bonchev–Trinajstić information content (AvgIpc) is 2.51. The summed E-state index contributed by atoms with van der Waals surface area (Å²) < 4.78 is 0. The maximum absolute atomic E-state index is 12.7. The maximum Gasteiger partial charge on any atom is 0.186 e. The zero-order valence-corrected chi connectivity index (χ0v) is 11.4. The molecule has 0 spiro atoms. The molecule has 0 N–H and O–H groups in total. The average molecular weight is 267 g/mol. The van der Waals surface area contributed by atoms with Gasteiger partial charge in [0.2, 0.25) is 0 Å². The van der Waals surface area contributed by atoms with E-state index in [9.17, 15) is 9.59 Å². The Balaban J connectivity index is 1.78. The van der Waals surface area contributed by atoms with Crippen molar-refractivity contribution in [2.45, 2.75) is 38.5 Å². The lowest BCUT2D eigenvalue weighted by atomic mass is 9.65. The highest BCUT2D eigenvalue weighted by Gasteiger charge is 2.45. The van der Waals surface area contributed by atoms with Crippen molar-refractivity contribution in [2.24, 2.45) is 11.8 Å². The van der Waals surface area contributed by atoms with Gasteiger partial charge in [0, 0.05) is 23.6 Å². The van der Waals surface area contributed by atoms with Gasteiger partial charge in [0.05, 0.1) is 0 Å². The molecule has 0 amide bonds. The molecule has 102 valence electrons. The van der Waals surface area contributed by atoms with Crippen molar-refractivity contribution >= 4 is 11.6 Å². The summed E-state index contributed by atoms with van der Waals surface area (Å²) in [7, 11) is 0. The quantitative estimate of drug-likeness (QED) is 0.677. The summed E-state index contributed by atoms with van der Waals surface area (Å²) in [4.78, 5) is 29.4. The first-order valence-electron chi connectivity index (χ1n) is 7.49. The van der Waals surface area contributed by atoms with Gasteiger partial charge < -0.3 is 0 Å². The Bertz CT molecular complexity index is 589. The van der Waals surface area contributed by atoms with Crippen LogP contribution in [0.5, 0.6) is 0 Å². The number of carbonyl (C=O) groups excluding carboxylic acids is 2. The zero-order chi connectivity index (χ0) is 13.7. The molecule has 0 aliphatic heterocycles. The molecule has 0 saturated heterocycles. The van der Waals surface area contributed by atoms with E-state index < -0.39 is 0 Å². The van der Waals surface area contributed by atoms with E-state index in [1.165, 1.54) is 24.0 Å². The van der Waals surface area contributed by atoms with Crippen molar-refractivity contribution in [3.63, 3.8) is 0 Å². The van der Waals surface area contributed by atoms with Crippen molar-refractivity contribution in [2.75, 3.05) is 0 Å². The first kappa shape index (κ1) is 12.0. The fourth-order valence-corrected chi connectivity index (χ4v) is 4.07. The van der Waals surface area contributed by atoms with Crippen molar-refractivity contribution in [3.05, 3.63) is 40.7 Å². The molecule has 0 unspecified atom stereocenters. The van der Waals surface area contributed by atoms with Crippen LogP contribution < -0.4 is 0 Å². The van der Waals surface area contributed by atoms with Crippen LogP contribution in [0.2, 0.25) is 0 Å². The molecule has 0 aromatic carbocycles. The topological polar surface area (TPSA) is 47.0 Å². The largest absolute Gasteiger partial charge is 0.294 e. The Morgan fingerprint density at radius 3 is 2.30 bits per heavy atom. The first-order valence-corrected chi connectivity index (χ1v) is 7.49. The van der Waals surface area contributed by atoms with Crippen LogP contribution in [0.25, 0.3) is 0 Å². The Morgan fingerprint density at radius 1 is 0.950 bits per heavy atom. The number of rotatable bonds is 0. The van der Waals surface area contributed by atoms with Crippen LogP contribution in [0.4, 0.5) is 0 Å². The lowest BCUT2D eigenvalue weighted by molar-refractivity contribution is 0.0712. The van der Waals surface area contributed by atoms with Crippen LogP contribution in [-0.2, 0) is 0 Å². The molecule has 1 aromatic heterocycles. The van der Waals surface area contributed by atoms with Gasteiger partial charge in [0.25, 0.3) is 0 Å². The van der Waals surface area contributed by atoms with Crippen molar-refractivity contribution in [1.82, 2.24) is 4.98 Å². The van der Waals surface area contributed by atoms with E-state index in [0.717, 1.165) is 25.7 Å². The monoisotopic (exact) mass is 267 g/mol. The van der Waals surface area contributed by atoms with E-state index in [-0.39, 0.29) is 23.4 Å². The molecule has 3 aliphatic rings. The summed E-state index contributed by atoms with van der Waals surface area (Å²) in [5, 5.41) is 0. The number of allylic oxidation sites excluding steroid dienone is 2. The number of hydrogen-bond acceptors (Lipinski definition) is 3. The van der Waals surface area contributed by atoms with Gasteiger partial charge in [-0.3, -0.25) is 14.6 Å². The summed E-state index contributed by atoms with van der Waals surface area (Å²) in [5.41, 5.74) is 3.86. The minimum atomic E-state index is -0.151. The van der Waals surface area contributed by atoms with Crippen LogP contribution in [0.1, 0.15) is 59.4 Å². The minimum Gasteiger partial charge on any atom is -0.294 e. The lowest BCUT2D eigenvalue weighted by Crippen LogP contribution is -2.40. The zero-order valence-electron chi connectivity index (χ0n) is 11.4. The van der Waals surface area contributed by atoms with E-state index in [1.807, 2.05) is 0 Å². The lowest BCUT2D eigenvalue weighted by Gasteiger charge is -2.37. The molecule has 1 aromatic rings. The fraction of sp³-hybridized carbons (Fsp3) is 0.471. The Kier molecular flexibility index (Phi) is 2.62. The van der Waals surface area contributed by atoms with E-state index >= 15 is 0 Å². The molecule has 3 nitrogen and oxygen atoms in total. The highest BCUT2D eigenvalue weighted by atomic mass is 16.1. The highest BCUT2D eigenvalue weighted by Crippen LogP contribution is 2.45. The van der Waals surface area contributed by atoms with Crippen LogP contribution >= 0.6 is 0 Å². The third kappa shape index (κ3) is 1.62. The third-order valence-corrected chi connectivity index (χ3v) is 5.11. The molecule has 0 fully saturated rings. The second-order valence-electron chi connectivity index (χ2n) is 6.16. The summed E-state index contributed by atoms with van der Waals surface area (Å²) >= 11 is 0. The smallest absolute Gasteiger partial charge is 0.186 e. The Labute approximate surface area is 118 Å². The van der Waals surface area contributed by atoms with Gasteiger partial charge >= 0.3 is 0 Å². The van der Waals surface area contributed by atoms with E-state index in [4.69, 9.17) is 0 Å². The summed E-state index contributed by atoms with van der Waals surface area (Å²) in [5.74, 6) is -0.0602. The van der Waals surface area contributed by atoms with Crippen molar-refractivity contribution in [1.29, 1.82) is 0 Å². The number of fused-ring (bicyclic) bond motifs is 2. The van der Waals surface area contributed by atoms with Gasteiger partial charge in [-0.15, -0.1) is 0 Å². The number of carbonyl (C=O) groups is 2. The first-order chi connectivity index (χ1) is 9.75. The van der Waals surface area contributed by atoms with Gasteiger partial charge in [-0.1, -0.05) is 11.1 Å². The van der Waals surface area contributed by atoms with Crippen molar-refractivity contribution in [3.8, 4) is 0 Å². The van der Waals surface area contributed by atoms with E-state index in [1.54, 1.807) is 18.3 Å². The second-order valence-corrected chi connectivity index (χ2v) is 6.16. The number of pyridine rings is 1. The molecule has 2 atom stereocenters. The number of nitrogens with zero attached hydrogens (tertiary/aromatic N) is 1.